The predicted molar refractivity (Wildman–Crippen MR) is 145 cm³/mol. The lowest BCUT2D eigenvalue weighted by molar-refractivity contribution is 0.0998. The summed E-state index contributed by atoms with van der Waals surface area (Å²) >= 11 is 0. The van der Waals surface area contributed by atoms with E-state index in [-0.39, 0.29) is 0 Å². The highest BCUT2D eigenvalue weighted by Crippen LogP contribution is 2.39. The molecule has 0 atom stereocenters. The molecule has 2 aromatic carbocycles. The second-order valence-electron chi connectivity index (χ2n) is 10.5. The van der Waals surface area contributed by atoms with Crippen LogP contribution in [0.1, 0.15) is 51.5 Å². The Morgan fingerprint density at radius 1 is 0.806 bits per heavy atom. The second-order valence-corrected chi connectivity index (χ2v) is 10.5. The van der Waals surface area contributed by atoms with Crippen LogP contribution in [0.25, 0.3) is 22.2 Å². The smallest absolute Gasteiger partial charge is 0.146 e. The van der Waals surface area contributed by atoms with Crippen LogP contribution >= 0.6 is 0 Å². The molecule has 1 saturated heterocycles. The summed E-state index contributed by atoms with van der Waals surface area (Å²) in [5, 5.41) is 0.946. The van der Waals surface area contributed by atoms with Gasteiger partial charge in [0.2, 0.25) is 0 Å². The third kappa shape index (κ3) is 4.58. The Hall–Kier alpha value is -3.38. The van der Waals surface area contributed by atoms with E-state index in [1.165, 1.54) is 51.6 Å². The van der Waals surface area contributed by atoms with Gasteiger partial charge in [-0.05, 0) is 87.4 Å². The van der Waals surface area contributed by atoms with E-state index in [1.54, 1.807) is 6.33 Å². The lowest BCUT2D eigenvalue weighted by Gasteiger charge is -2.40. The highest BCUT2D eigenvalue weighted by atomic mass is 16.5. The van der Waals surface area contributed by atoms with Crippen LogP contribution in [-0.2, 0) is 0 Å². The Bertz CT molecular complexity index is 1300. The molecule has 0 radical (unpaired) electrons. The molecule has 1 aliphatic carbocycles. The highest BCUT2D eigenvalue weighted by Gasteiger charge is 2.30. The molecule has 0 amide bonds. The molecule has 0 bridgehead atoms. The van der Waals surface area contributed by atoms with Gasteiger partial charge < -0.3 is 19.9 Å². The third-order valence-corrected chi connectivity index (χ3v) is 8.18. The summed E-state index contributed by atoms with van der Waals surface area (Å²) in [5.74, 6) is 3.05. The molecule has 2 fully saturated rings. The number of hydrogen-bond acceptors (Lipinski definition) is 5. The van der Waals surface area contributed by atoms with Crippen LogP contribution in [0.3, 0.4) is 0 Å². The molecule has 2 aromatic heterocycles. The maximum Gasteiger partial charge on any atom is 0.146 e. The van der Waals surface area contributed by atoms with Gasteiger partial charge in [-0.3, -0.25) is 0 Å². The Labute approximate surface area is 213 Å². The van der Waals surface area contributed by atoms with E-state index in [0.29, 0.717) is 11.9 Å². The molecule has 3 heterocycles. The number of nitrogen functional groups attached to an aromatic ring is 1. The number of rotatable bonds is 5. The van der Waals surface area contributed by atoms with E-state index in [1.807, 2.05) is 42.5 Å². The van der Waals surface area contributed by atoms with Crippen molar-refractivity contribution in [3.8, 4) is 22.6 Å². The minimum Gasteiger partial charge on any atom is -0.457 e. The van der Waals surface area contributed by atoms with Crippen molar-refractivity contribution in [1.29, 1.82) is 0 Å². The van der Waals surface area contributed by atoms with Crippen LogP contribution in [0.4, 0.5) is 5.82 Å². The van der Waals surface area contributed by atoms with E-state index in [0.717, 1.165) is 45.6 Å². The molecule has 6 heteroatoms. The van der Waals surface area contributed by atoms with Gasteiger partial charge in [-0.2, -0.15) is 0 Å². The summed E-state index contributed by atoms with van der Waals surface area (Å²) in [6.07, 6.45) is 11.4. The van der Waals surface area contributed by atoms with Crippen LogP contribution in [-0.4, -0.2) is 38.6 Å². The maximum absolute atomic E-state index is 6.40. The van der Waals surface area contributed by atoms with Crippen LogP contribution in [0.2, 0.25) is 0 Å². The number of likely N-dealkylation sites (tertiary alicyclic amines) is 1. The van der Waals surface area contributed by atoms with Gasteiger partial charge in [0.1, 0.15) is 29.3 Å². The first-order valence-electron chi connectivity index (χ1n) is 13.3. The van der Waals surface area contributed by atoms with Crippen LogP contribution in [0, 0.1) is 5.92 Å². The largest absolute Gasteiger partial charge is 0.457 e. The highest BCUT2D eigenvalue weighted by molar-refractivity contribution is 6.00. The van der Waals surface area contributed by atoms with E-state index in [4.69, 9.17) is 15.5 Å². The van der Waals surface area contributed by atoms with Crippen LogP contribution in [0.5, 0.6) is 11.5 Å². The normalized spacial score (nSPS) is 21.6. The van der Waals surface area contributed by atoms with E-state index >= 15 is 0 Å². The zero-order valence-electron chi connectivity index (χ0n) is 21.0. The fourth-order valence-corrected chi connectivity index (χ4v) is 6.03. The van der Waals surface area contributed by atoms with Crippen LogP contribution in [0.15, 0.2) is 67.1 Å². The Kier molecular flexibility index (Phi) is 6.36. The monoisotopic (exact) mass is 481 g/mol. The van der Waals surface area contributed by atoms with Gasteiger partial charge in [-0.25, -0.2) is 9.97 Å². The van der Waals surface area contributed by atoms with Crippen molar-refractivity contribution in [3.63, 3.8) is 0 Å². The third-order valence-electron chi connectivity index (χ3n) is 8.18. The Balaban J connectivity index is 1.24. The van der Waals surface area contributed by atoms with Gasteiger partial charge in [0.05, 0.1) is 5.39 Å². The number of para-hydroxylation sites is 1. The Morgan fingerprint density at radius 2 is 1.47 bits per heavy atom. The lowest BCUT2D eigenvalue weighted by atomic mass is 9.88. The van der Waals surface area contributed by atoms with E-state index in [2.05, 4.69) is 39.7 Å². The van der Waals surface area contributed by atoms with Crippen molar-refractivity contribution in [2.24, 2.45) is 5.92 Å². The average molecular weight is 482 g/mol. The van der Waals surface area contributed by atoms with Crippen molar-refractivity contribution < 1.29 is 4.74 Å². The van der Waals surface area contributed by atoms with Gasteiger partial charge in [0.15, 0.2) is 0 Å². The summed E-state index contributed by atoms with van der Waals surface area (Å²) in [7, 11) is 0. The molecule has 6 rings (SSSR count). The molecule has 4 aromatic rings. The van der Waals surface area contributed by atoms with Crippen molar-refractivity contribution in [1.82, 2.24) is 19.4 Å². The first-order valence-corrected chi connectivity index (χ1v) is 13.3. The van der Waals surface area contributed by atoms with Gasteiger partial charge >= 0.3 is 0 Å². The number of anilines is 1. The SMILES string of the molecule is CC1CCN(C2CCC(n3cc(-c4ccc(Oc5ccccc5)cc4)c4c(N)ncnc43)CC2)CC1. The number of ether oxygens (including phenoxy) is 1. The molecule has 1 saturated carbocycles. The average Bonchev–Trinajstić information content (AvgIpc) is 3.31. The zero-order chi connectivity index (χ0) is 24.5. The zero-order valence-corrected chi connectivity index (χ0v) is 21.0. The second kappa shape index (κ2) is 9.94. The quantitative estimate of drug-likeness (QED) is 0.344. The predicted octanol–water partition coefficient (Wildman–Crippen LogP) is 6.69. The Morgan fingerprint density at radius 3 is 2.19 bits per heavy atom. The minimum absolute atomic E-state index is 0.441. The van der Waals surface area contributed by atoms with Gasteiger partial charge in [-0.15, -0.1) is 0 Å². The number of hydrogen-bond donors (Lipinski definition) is 1. The molecule has 186 valence electrons. The van der Waals surface area contributed by atoms with Crippen molar-refractivity contribution in [2.75, 3.05) is 18.8 Å². The van der Waals surface area contributed by atoms with Gasteiger partial charge in [0.25, 0.3) is 0 Å². The molecule has 2 aliphatic rings. The number of nitrogens with zero attached hydrogens (tertiary/aromatic N) is 4. The minimum atomic E-state index is 0.441. The standard InChI is InChI=1S/C30H35N5O/c1-21-15-17-34(18-16-21)23-9-11-24(12-10-23)35-19-27(28-29(31)32-20-33-30(28)35)22-7-13-26(14-8-22)36-25-5-3-2-4-6-25/h2-8,13-14,19-21,23-24H,9-12,15-18H2,1H3,(H2,31,32,33). The molecular formula is C30H35N5O. The summed E-state index contributed by atoms with van der Waals surface area (Å²) in [6.45, 7) is 4.92. The first-order chi connectivity index (χ1) is 17.7. The first kappa shape index (κ1) is 23.0. The molecule has 0 unspecified atom stereocenters. The lowest BCUT2D eigenvalue weighted by Crippen LogP contribution is -2.43. The number of piperidine rings is 1. The molecule has 0 spiro atoms. The number of nitrogens with two attached hydrogens (primary N) is 1. The molecule has 6 nitrogen and oxygen atoms in total. The van der Waals surface area contributed by atoms with Crippen LogP contribution < -0.4 is 10.5 Å². The molecular weight excluding hydrogens is 446 g/mol. The van der Waals surface area contributed by atoms with Crippen molar-refractivity contribution >= 4 is 16.9 Å². The van der Waals surface area contributed by atoms with E-state index in [9.17, 15) is 0 Å². The topological polar surface area (TPSA) is 69.2 Å². The molecule has 1 aliphatic heterocycles. The fourth-order valence-electron chi connectivity index (χ4n) is 6.03. The fraction of sp³-hybridized carbons (Fsp3) is 0.400. The maximum atomic E-state index is 6.40. The van der Waals surface area contributed by atoms with Gasteiger partial charge in [0, 0.05) is 23.8 Å². The summed E-state index contributed by atoms with van der Waals surface area (Å²) in [6, 6.07) is 19.2. The molecule has 36 heavy (non-hydrogen) atoms. The number of aromatic nitrogens is 3. The summed E-state index contributed by atoms with van der Waals surface area (Å²) in [4.78, 5) is 11.8. The number of fused-ring (bicyclic) bond motifs is 1. The van der Waals surface area contributed by atoms with Crippen molar-refractivity contribution in [3.05, 3.63) is 67.1 Å². The molecule has 2 N–H and O–H groups in total. The van der Waals surface area contributed by atoms with E-state index < -0.39 is 0 Å². The summed E-state index contributed by atoms with van der Waals surface area (Å²) in [5.41, 5.74) is 9.53. The number of benzene rings is 2. The van der Waals surface area contributed by atoms with Crippen molar-refractivity contribution in [2.45, 2.75) is 57.5 Å². The van der Waals surface area contributed by atoms with Gasteiger partial charge in [-0.1, -0.05) is 37.3 Å². The summed E-state index contributed by atoms with van der Waals surface area (Å²) < 4.78 is 8.35.